The van der Waals surface area contributed by atoms with Crippen LogP contribution in [0.5, 0.6) is 0 Å². The van der Waals surface area contributed by atoms with Gasteiger partial charge < -0.3 is 5.32 Å². The van der Waals surface area contributed by atoms with Gasteiger partial charge in [0.1, 0.15) is 0 Å². The Morgan fingerprint density at radius 2 is 2.12 bits per heavy atom. The molecule has 0 amide bonds. The average molecular weight is 226 g/mol. The molecule has 16 heavy (non-hydrogen) atoms. The molecule has 2 unspecified atom stereocenters. The fourth-order valence-electron chi connectivity index (χ4n) is 2.47. The first kappa shape index (κ1) is 14.0. The molecule has 1 aliphatic rings. The van der Waals surface area contributed by atoms with E-state index in [1.54, 1.807) is 0 Å². The van der Waals surface area contributed by atoms with Gasteiger partial charge in [-0.05, 0) is 58.2 Å². The molecule has 0 aromatic rings. The largest absolute Gasteiger partial charge is 0.315 e. The van der Waals surface area contributed by atoms with Crippen molar-refractivity contribution in [2.24, 2.45) is 5.92 Å². The monoisotopic (exact) mass is 226 g/mol. The van der Waals surface area contributed by atoms with Crippen molar-refractivity contribution >= 4 is 0 Å². The summed E-state index contributed by atoms with van der Waals surface area (Å²) in [6.07, 6.45) is 6.80. The van der Waals surface area contributed by atoms with E-state index in [1.807, 2.05) is 0 Å². The molecule has 96 valence electrons. The summed E-state index contributed by atoms with van der Waals surface area (Å²) in [5, 5.41) is 3.57. The number of rotatable bonds is 6. The molecule has 0 aromatic heterocycles. The SMILES string of the molecule is CCCCNCC(C)N1CCCC(C)CC1. The highest BCUT2D eigenvalue weighted by atomic mass is 15.2. The zero-order chi connectivity index (χ0) is 11.8. The Morgan fingerprint density at radius 1 is 1.31 bits per heavy atom. The lowest BCUT2D eigenvalue weighted by atomic mass is 10.0. The van der Waals surface area contributed by atoms with Gasteiger partial charge in [-0.2, -0.15) is 0 Å². The van der Waals surface area contributed by atoms with Crippen molar-refractivity contribution in [1.82, 2.24) is 10.2 Å². The maximum absolute atomic E-state index is 3.57. The molecule has 0 aliphatic carbocycles. The Bertz CT molecular complexity index is 170. The summed E-state index contributed by atoms with van der Waals surface area (Å²) in [4.78, 5) is 2.67. The topological polar surface area (TPSA) is 15.3 Å². The molecule has 0 aromatic carbocycles. The standard InChI is InChI=1S/C14H30N2/c1-4-5-9-15-12-14(3)16-10-6-7-13(2)8-11-16/h13-15H,4-12H2,1-3H3. The second-order valence-corrected chi connectivity index (χ2v) is 5.48. The molecule has 1 aliphatic heterocycles. The third kappa shape index (κ3) is 5.31. The summed E-state index contributed by atoms with van der Waals surface area (Å²) < 4.78 is 0. The van der Waals surface area contributed by atoms with Gasteiger partial charge in [-0.1, -0.05) is 20.3 Å². The minimum absolute atomic E-state index is 0.710. The van der Waals surface area contributed by atoms with Gasteiger partial charge in [0, 0.05) is 12.6 Å². The maximum Gasteiger partial charge on any atom is 0.0192 e. The van der Waals surface area contributed by atoms with Crippen LogP contribution < -0.4 is 5.32 Å². The first-order valence-corrected chi connectivity index (χ1v) is 7.18. The van der Waals surface area contributed by atoms with E-state index in [-0.39, 0.29) is 0 Å². The molecule has 2 atom stereocenters. The van der Waals surface area contributed by atoms with Crippen LogP contribution in [0.3, 0.4) is 0 Å². The second kappa shape index (κ2) is 8.08. The minimum atomic E-state index is 0.710. The van der Waals surface area contributed by atoms with Gasteiger partial charge in [0.15, 0.2) is 0 Å². The second-order valence-electron chi connectivity index (χ2n) is 5.48. The molecule has 2 heteroatoms. The van der Waals surface area contributed by atoms with Crippen LogP contribution >= 0.6 is 0 Å². The van der Waals surface area contributed by atoms with Gasteiger partial charge in [-0.3, -0.25) is 4.90 Å². The average Bonchev–Trinajstić information content (AvgIpc) is 2.49. The van der Waals surface area contributed by atoms with Crippen molar-refractivity contribution in [2.75, 3.05) is 26.2 Å². The highest BCUT2D eigenvalue weighted by Gasteiger charge is 2.17. The number of unbranched alkanes of at least 4 members (excludes halogenated alkanes) is 1. The van der Waals surface area contributed by atoms with Crippen molar-refractivity contribution in [3.05, 3.63) is 0 Å². The molecule has 0 saturated carbocycles. The summed E-state index contributed by atoms with van der Waals surface area (Å²) in [6, 6.07) is 0.710. The summed E-state index contributed by atoms with van der Waals surface area (Å²) >= 11 is 0. The van der Waals surface area contributed by atoms with E-state index in [2.05, 4.69) is 31.0 Å². The Hall–Kier alpha value is -0.0800. The van der Waals surface area contributed by atoms with Crippen LogP contribution in [-0.2, 0) is 0 Å². The van der Waals surface area contributed by atoms with E-state index >= 15 is 0 Å². The third-order valence-electron chi connectivity index (χ3n) is 3.82. The van der Waals surface area contributed by atoms with Crippen LogP contribution in [0.2, 0.25) is 0 Å². The predicted molar refractivity (Wildman–Crippen MR) is 71.8 cm³/mol. The van der Waals surface area contributed by atoms with Gasteiger partial charge in [-0.15, -0.1) is 0 Å². The fraction of sp³-hybridized carbons (Fsp3) is 1.00. The van der Waals surface area contributed by atoms with Crippen LogP contribution in [0.4, 0.5) is 0 Å². The van der Waals surface area contributed by atoms with Crippen LogP contribution in [0.15, 0.2) is 0 Å². The Morgan fingerprint density at radius 3 is 2.88 bits per heavy atom. The van der Waals surface area contributed by atoms with Gasteiger partial charge in [-0.25, -0.2) is 0 Å². The van der Waals surface area contributed by atoms with E-state index < -0.39 is 0 Å². The summed E-state index contributed by atoms with van der Waals surface area (Å²) in [7, 11) is 0. The van der Waals surface area contributed by atoms with Gasteiger partial charge in [0.2, 0.25) is 0 Å². The fourth-order valence-corrected chi connectivity index (χ4v) is 2.47. The van der Waals surface area contributed by atoms with Crippen molar-refractivity contribution in [3.63, 3.8) is 0 Å². The molecule has 2 nitrogen and oxygen atoms in total. The number of likely N-dealkylation sites (tertiary alicyclic amines) is 1. The molecular formula is C14H30N2. The number of nitrogens with zero attached hydrogens (tertiary/aromatic N) is 1. The lowest BCUT2D eigenvalue weighted by molar-refractivity contribution is 0.210. The van der Waals surface area contributed by atoms with E-state index in [9.17, 15) is 0 Å². The molecule has 0 spiro atoms. The lowest BCUT2D eigenvalue weighted by Gasteiger charge is -2.28. The molecule has 0 radical (unpaired) electrons. The normalized spacial score (nSPS) is 25.3. The van der Waals surface area contributed by atoms with Crippen LogP contribution in [0, 0.1) is 5.92 Å². The molecule has 1 rings (SSSR count). The molecule has 1 N–H and O–H groups in total. The lowest BCUT2D eigenvalue weighted by Crippen LogP contribution is -2.41. The molecule has 0 bridgehead atoms. The molecule has 1 saturated heterocycles. The van der Waals surface area contributed by atoms with Gasteiger partial charge in [0.25, 0.3) is 0 Å². The quantitative estimate of drug-likeness (QED) is 0.701. The first-order valence-electron chi connectivity index (χ1n) is 7.18. The summed E-state index contributed by atoms with van der Waals surface area (Å²) in [6.45, 7) is 12.0. The van der Waals surface area contributed by atoms with E-state index in [4.69, 9.17) is 0 Å². The van der Waals surface area contributed by atoms with Crippen molar-refractivity contribution in [2.45, 2.75) is 58.9 Å². The third-order valence-corrected chi connectivity index (χ3v) is 3.82. The smallest absolute Gasteiger partial charge is 0.0192 e. The molecular weight excluding hydrogens is 196 g/mol. The van der Waals surface area contributed by atoms with Crippen molar-refractivity contribution in [3.8, 4) is 0 Å². The van der Waals surface area contributed by atoms with Crippen LogP contribution in [0.1, 0.15) is 52.9 Å². The van der Waals surface area contributed by atoms with Gasteiger partial charge >= 0.3 is 0 Å². The van der Waals surface area contributed by atoms with Crippen LogP contribution in [0.25, 0.3) is 0 Å². The first-order chi connectivity index (χ1) is 7.74. The summed E-state index contributed by atoms with van der Waals surface area (Å²) in [5.74, 6) is 0.935. The Kier molecular flexibility index (Phi) is 7.06. The van der Waals surface area contributed by atoms with E-state index in [1.165, 1.54) is 51.7 Å². The predicted octanol–water partition coefficient (Wildman–Crippen LogP) is 2.89. The van der Waals surface area contributed by atoms with Crippen LogP contribution in [-0.4, -0.2) is 37.1 Å². The zero-order valence-electron chi connectivity index (χ0n) is 11.5. The van der Waals surface area contributed by atoms with Crippen molar-refractivity contribution in [1.29, 1.82) is 0 Å². The van der Waals surface area contributed by atoms with Crippen molar-refractivity contribution < 1.29 is 0 Å². The summed E-state index contributed by atoms with van der Waals surface area (Å²) in [5.41, 5.74) is 0. The number of hydrogen-bond donors (Lipinski definition) is 1. The van der Waals surface area contributed by atoms with E-state index in [0.717, 1.165) is 12.5 Å². The minimum Gasteiger partial charge on any atom is -0.315 e. The maximum atomic E-state index is 3.57. The van der Waals surface area contributed by atoms with Gasteiger partial charge in [0.05, 0.1) is 0 Å². The van der Waals surface area contributed by atoms with E-state index in [0.29, 0.717) is 6.04 Å². The Labute approximate surface area is 102 Å². The highest BCUT2D eigenvalue weighted by molar-refractivity contribution is 4.74. The molecule has 1 heterocycles. The highest BCUT2D eigenvalue weighted by Crippen LogP contribution is 2.17. The molecule has 1 fully saturated rings. The zero-order valence-corrected chi connectivity index (χ0v) is 11.5. The number of hydrogen-bond acceptors (Lipinski definition) is 2. The number of nitrogens with one attached hydrogen (secondary N) is 1. The Balaban J connectivity index is 2.16.